The van der Waals surface area contributed by atoms with E-state index in [1.165, 1.54) is 16.3 Å². The van der Waals surface area contributed by atoms with Crippen molar-refractivity contribution in [2.45, 2.75) is 20.4 Å². The summed E-state index contributed by atoms with van der Waals surface area (Å²) in [6.07, 6.45) is 0. The largest absolute Gasteiger partial charge is 0.315 e. The van der Waals surface area contributed by atoms with Crippen LogP contribution in [0.1, 0.15) is 19.4 Å². The molecule has 0 atom stereocenters. The Hall–Kier alpha value is -1.38. The molecule has 0 spiro atoms. The summed E-state index contributed by atoms with van der Waals surface area (Å²) >= 11 is 0. The van der Waals surface area contributed by atoms with Gasteiger partial charge < -0.3 is 10.6 Å². The van der Waals surface area contributed by atoms with Crippen molar-refractivity contribution >= 4 is 10.8 Å². The third-order valence-electron chi connectivity index (χ3n) is 3.17. The lowest BCUT2D eigenvalue weighted by Gasteiger charge is -2.09. The molecule has 0 saturated heterocycles. The fourth-order valence-electron chi connectivity index (χ4n) is 2.15. The third-order valence-corrected chi connectivity index (χ3v) is 3.17. The van der Waals surface area contributed by atoms with Crippen LogP contribution in [0.25, 0.3) is 10.8 Å². The second-order valence-electron chi connectivity index (χ2n) is 5.46. The van der Waals surface area contributed by atoms with Crippen LogP contribution < -0.4 is 10.6 Å². The van der Waals surface area contributed by atoms with Gasteiger partial charge in [0.15, 0.2) is 0 Å². The highest BCUT2D eigenvalue weighted by atomic mass is 14.9. The van der Waals surface area contributed by atoms with E-state index in [4.69, 9.17) is 0 Å². The van der Waals surface area contributed by atoms with Gasteiger partial charge in [-0.05, 0) is 34.9 Å². The zero-order chi connectivity index (χ0) is 13.5. The van der Waals surface area contributed by atoms with E-state index in [1.807, 2.05) is 0 Å². The summed E-state index contributed by atoms with van der Waals surface area (Å²) in [5.41, 5.74) is 1.35. The molecule has 2 N–H and O–H groups in total. The Balaban J connectivity index is 1.75. The lowest BCUT2D eigenvalue weighted by atomic mass is 10.1. The monoisotopic (exact) mass is 256 g/mol. The molecule has 19 heavy (non-hydrogen) atoms. The number of hydrogen-bond acceptors (Lipinski definition) is 2. The van der Waals surface area contributed by atoms with Crippen molar-refractivity contribution in [3.8, 4) is 0 Å². The number of rotatable bonds is 7. The van der Waals surface area contributed by atoms with E-state index in [0.29, 0.717) is 0 Å². The van der Waals surface area contributed by atoms with Crippen molar-refractivity contribution in [2.75, 3.05) is 19.6 Å². The van der Waals surface area contributed by atoms with E-state index < -0.39 is 0 Å². The first-order chi connectivity index (χ1) is 9.25. The molecule has 0 aliphatic heterocycles. The van der Waals surface area contributed by atoms with Gasteiger partial charge in [-0.1, -0.05) is 50.2 Å². The topological polar surface area (TPSA) is 24.1 Å². The van der Waals surface area contributed by atoms with E-state index in [9.17, 15) is 0 Å². The van der Waals surface area contributed by atoms with E-state index >= 15 is 0 Å². The quantitative estimate of drug-likeness (QED) is 0.744. The van der Waals surface area contributed by atoms with Crippen molar-refractivity contribution in [2.24, 2.45) is 5.92 Å². The summed E-state index contributed by atoms with van der Waals surface area (Å²) in [7, 11) is 0. The summed E-state index contributed by atoms with van der Waals surface area (Å²) in [6.45, 7) is 8.54. The van der Waals surface area contributed by atoms with Gasteiger partial charge in [-0.2, -0.15) is 0 Å². The van der Waals surface area contributed by atoms with Crippen LogP contribution in [0.15, 0.2) is 42.5 Å². The van der Waals surface area contributed by atoms with Crippen LogP contribution in [0.2, 0.25) is 0 Å². The Morgan fingerprint density at radius 3 is 2.42 bits per heavy atom. The average molecular weight is 256 g/mol. The molecule has 0 bridgehead atoms. The van der Waals surface area contributed by atoms with E-state index in [-0.39, 0.29) is 0 Å². The first kappa shape index (κ1) is 14.0. The normalized spacial score (nSPS) is 11.3. The fourth-order valence-corrected chi connectivity index (χ4v) is 2.15. The zero-order valence-electron chi connectivity index (χ0n) is 11.9. The van der Waals surface area contributed by atoms with Crippen LogP contribution in [-0.2, 0) is 6.54 Å². The van der Waals surface area contributed by atoms with Crippen LogP contribution in [0.3, 0.4) is 0 Å². The molecule has 0 unspecified atom stereocenters. The molecule has 0 radical (unpaired) electrons. The van der Waals surface area contributed by atoms with E-state index in [1.54, 1.807) is 0 Å². The van der Waals surface area contributed by atoms with Gasteiger partial charge in [-0.25, -0.2) is 0 Å². The number of fused-ring (bicyclic) bond motifs is 1. The molecule has 0 saturated carbocycles. The van der Waals surface area contributed by atoms with Gasteiger partial charge in [0.05, 0.1) is 0 Å². The second-order valence-corrected chi connectivity index (χ2v) is 5.46. The second kappa shape index (κ2) is 7.27. The van der Waals surface area contributed by atoms with Gasteiger partial charge in [0, 0.05) is 19.6 Å². The molecule has 0 amide bonds. The van der Waals surface area contributed by atoms with Crippen molar-refractivity contribution in [1.29, 1.82) is 0 Å². The van der Waals surface area contributed by atoms with Gasteiger partial charge in [-0.15, -0.1) is 0 Å². The molecule has 2 heteroatoms. The van der Waals surface area contributed by atoms with Gasteiger partial charge in [0.25, 0.3) is 0 Å². The lowest BCUT2D eigenvalue weighted by Crippen LogP contribution is -2.29. The molecular weight excluding hydrogens is 232 g/mol. The zero-order valence-corrected chi connectivity index (χ0v) is 11.9. The molecule has 0 aromatic heterocycles. The lowest BCUT2D eigenvalue weighted by molar-refractivity contribution is 0.535. The summed E-state index contributed by atoms with van der Waals surface area (Å²) in [5.74, 6) is 0.723. The Bertz CT molecular complexity index is 505. The Labute approximate surface area is 116 Å². The third kappa shape index (κ3) is 4.66. The molecule has 2 nitrogen and oxygen atoms in total. The minimum Gasteiger partial charge on any atom is -0.315 e. The fraction of sp³-hybridized carbons (Fsp3) is 0.412. The Kier molecular flexibility index (Phi) is 5.37. The van der Waals surface area contributed by atoms with E-state index in [0.717, 1.165) is 32.1 Å². The Morgan fingerprint density at radius 2 is 1.63 bits per heavy atom. The smallest absolute Gasteiger partial charge is 0.0206 e. The van der Waals surface area contributed by atoms with Crippen LogP contribution in [-0.4, -0.2) is 19.6 Å². The molecule has 0 fully saturated rings. The maximum Gasteiger partial charge on any atom is 0.0206 e. The molecule has 0 aliphatic carbocycles. The molecular formula is C17H24N2. The first-order valence-corrected chi connectivity index (χ1v) is 7.15. The van der Waals surface area contributed by atoms with Crippen molar-refractivity contribution < 1.29 is 0 Å². The maximum atomic E-state index is 3.48. The van der Waals surface area contributed by atoms with Crippen LogP contribution in [0, 0.1) is 5.92 Å². The van der Waals surface area contributed by atoms with E-state index in [2.05, 4.69) is 66.9 Å². The summed E-state index contributed by atoms with van der Waals surface area (Å²) < 4.78 is 0. The van der Waals surface area contributed by atoms with Crippen molar-refractivity contribution in [3.05, 3.63) is 48.0 Å². The highest BCUT2D eigenvalue weighted by molar-refractivity contribution is 5.82. The van der Waals surface area contributed by atoms with Gasteiger partial charge in [-0.3, -0.25) is 0 Å². The van der Waals surface area contributed by atoms with Crippen LogP contribution in [0.5, 0.6) is 0 Å². The number of benzene rings is 2. The van der Waals surface area contributed by atoms with Gasteiger partial charge in [0.1, 0.15) is 0 Å². The molecule has 2 aromatic rings. The molecule has 0 heterocycles. The maximum absolute atomic E-state index is 3.48. The van der Waals surface area contributed by atoms with Crippen LogP contribution in [0.4, 0.5) is 0 Å². The predicted molar refractivity (Wildman–Crippen MR) is 83.4 cm³/mol. The standard InChI is InChI=1S/C17H24N2/c1-14(2)12-18-9-10-19-13-15-7-8-16-5-3-4-6-17(16)11-15/h3-8,11,14,18-19H,9-10,12-13H2,1-2H3. The van der Waals surface area contributed by atoms with Crippen LogP contribution >= 0.6 is 0 Å². The SMILES string of the molecule is CC(C)CNCCNCc1ccc2ccccc2c1. The van der Waals surface area contributed by atoms with Gasteiger partial charge >= 0.3 is 0 Å². The summed E-state index contributed by atoms with van der Waals surface area (Å²) in [5, 5.41) is 9.55. The molecule has 102 valence electrons. The highest BCUT2D eigenvalue weighted by Gasteiger charge is 1.96. The molecule has 0 aliphatic rings. The summed E-state index contributed by atoms with van der Waals surface area (Å²) in [6, 6.07) is 15.2. The molecule has 2 aromatic carbocycles. The van der Waals surface area contributed by atoms with Gasteiger partial charge in [0.2, 0.25) is 0 Å². The predicted octanol–water partition coefficient (Wildman–Crippen LogP) is 3.18. The minimum atomic E-state index is 0.723. The Morgan fingerprint density at radius 1 is 0.895 bits per heavy atom. The number of nitrogens with one attached hydrogen (secondary N) is 2. The first-order valence-electron chi connectivity index (χ1n) is 7.15. The minimum absolute atomic E-state index is 0.723. The number of hydrogen-bond donors (Lipinski definition) is 2. The van der Waals surface area contributed by atoms with Crippen molar-refractivity contribution in [3.63, 3.8) is 0 Å². The summed E-state index contributed by atoms with van der Waals surface area (Å²) in [4.78, 5) is 0. The molecule has 2 rings (SSSR count). The average Bonchev–Trinajstić information content (AvgIpc) is 2.42. The highest BCUT2D eigenvalue weighted by Crippen LogP contribution is 2.15. The van der Waals surface area contributed by atoms with Crippen molar-refractivity contribution in [1.82, 2.24) is 10.6 Å².